The van der Waals surface area contributed by atoms with Crippen LogP contribution in [0, 0.1) is 0 Å². The number of ether oxygens (including phenoxy) is 1. The predicted molar refractivity (Wildman–Crippen MR) is 83.3 cm³/mol. The largest absolute Gasteiger partial charge is 0.492 e. The summed E-state index contributed by atoms with van der Waals surface area (Å²) in [4.78, 5) is 0. The van der Waals surface area contributed by atoms with Crippen LogP contribution in [0.2, 0.25) is 5.02 Å². The summed E-state index contributed by atoms with van der Waals surface area (Å²) in [5, 5.41) is 1.82. The molecule has 0 aliphatic carbocycles. The summed E-state index contributed by atoms with van der Waals surface area (Å²) in [7, 11) is 0. The summed E-state index contributed by atoms with van der Waals surface area (Å²) in [6.45, 7) is 5.08. The Morgan fingerprint density at radius 2 is 1.89 bits per heavy atom. The summed E-state index contributed by atoms with van der Waals surface area (Å²) in [6, 6.07) is 6.08. The Balaban J connectivity index is 2.34. The van der Waals surface area contributed by atoms with Crippen molar-refractivity contribution >= 4 is 27.5 Å². The third kappa shape index (κ3) is 5.62. The Morgan fingerprint density at radius 3 is 2.50 bits per heavy atom. The van der Waals surface area contributed by atoms with E-state index in [-0.39, 0.29) is 0 Å². The molecule has 102 valence electrons. The Kier molecular flexibility index (Phi) is 7.76. The van der Waals surface area contributed by atoms with Gasteiger partial charge < -0.3 is 4.74 Å². The first-order chi connectivity index (χ1) is 8.65. The van der Waals surface area contributed by atoms with Crippen molar-refractivity contribution in [1.82, 2.24) is 0 Å². The summed E-state index contributed by atoms with van der Waals surface area (Å²) in [5.41, 5.74) is 1.25. The lowest BCUT2D eigenvalue weighted by Gasteiger charge is -2.11. The molecule has 3 heteroatoms. The van der Waals surface area contributed by atoms with Gasteiger partial charge >= 0.3 is 0 Å². The third-order valence-corrected chi connectivity index (χ3v) is 3.76. The van der Waals surface area contributed by atoms with E-state index in [4.69, 9.17) is 16.3 Å². The Hall–Kier alpha value is -0.210. The number of halogens is 2. The average Bonchev–Trinajstić information content (AvgIpc) is 2.35. The van der Waals surface area contributed by atoms with Gasteiger partial charge in [0.15, 0.2) is 0 Å². The molecular weight excluding hydrogens is 312 g/mol. The van der Waals surface area contributed by atoms with Crippen LogP contribution >= 0.6 is 27.5 Å². The lowest BCUT2D eigenvalue weighted by Crippen LogP contribution is -1.98. The van der Waals surface area contributed by atoms with Crippen LogP contribution in [-0.2, 0) is 0 Å². The van der Waals surface area contributed by atoms with Crippen molar-refractivity contribution in [2.45, 2.75) is 45.4 Å². The molecule has 0 radical (unpaired) electrons. The first kappa shape index (κ1) is 15.8. The summed E-state index contributed by atoms with van der Waals surface area (Å²) >= 11 is 9.64. The molecule has 0 amide bonds. The molecule has 0 heterocycles. The number of alkyl halides is 1. The molecule has 0 fully saturated rings. The van der Waals surface area contributed by atoms with Gasteiger partial charge in [0.2, 0.25) is 0 Å². The van der Waals surface area contributed by atoms with E-state index in [1.54, 1.807) is 0 Å². The van der Waals surface area contributed by atoms with Gasteiger partial charge in [0.25, 0.3) is 0 Å². The van der Waals surface area contributed by atoms with E-state index in [1.165, 1.54) is 24.8 Å². The smallest absolute Gasteiger partial charge is 0.137 e. The van der Waals surface area contributed by atoms with Crippen molar-refractivity contribution in [2.75, 3.05) is 11.9 Å². The zero-order valence-corrected chi connectivity index (χ0v) is 13.6. The molecule has 0 N–H and O–H groups in total. The molecule has 1 aromatic rings. The van der Waals surface area contributed by atoms with Crippen molar-refractivity contribution in [1.29, 1.82) is 0 Å². The maximum atomic E-state index is 6.20. The van der Waals surface area contributed by atoms with E-state index in [9.17, 15) is 0 Å². The fraction of sp³-hybridized carbons (Fsp3) is 0.600. The number of hydrogen-bond donors (Lipinski definition) is 0. The second-order valence-electron chi connectivity index (χ2n) is 4.80. The van der Waals surface area contributed by atoms with Crippen LogP contribution < -0.4 is 4.74 Å². The average molecular weight is 334 g/mol. The molecule has 0 aliphatic rings. The second-order valence-corrected chi connectivity index (χ2v) is 6.00. The Bertz CT molecular complexity index is 352. The lowest BCUT2D eigenvalue weighted by atomic mass is 10.0. The van der Waals surface area contributed by atoms with Crippen molar-refractivity contribution in [2.24, 2.45) is 0 Å². The highest BCUT2D eigenvalue weighted by molar-refractivity contribution is 9.09. The maximum Gasteiger partial charge on any atom is 0.137 e. The zero-order valence-electron chi connectivity index (χ0n) is 11.2. The van der Waals surface area contributed by atoms with Gasteiger partial charge in [-0.1, -0.05) is 60.3 Å². The minimum Gasteiger partial charge on any atom is -0.492 e. The van der Waals surface area contributed by atoms with Gasteiger partial charge in [-0.3, -0.25) is 0 Å². The van der Waals surface area contributed by atoms with Crippen molar-refractivity contribution in [3.8, 4) is 5.75 Å². The number of unbranched alkanes of at least 4 members (excludes halogenated alkanes) is 3. The van der Waals surface area contributed by atoms with E-state index >= 15 is 0 Å². The van der Waals surface area contributed by atoms with Gasteiger partial charge in [-0.25, -0.2) is 0 Å². The van der Waals surface area contributed by atoms with Crippen LogP contribution in [-0.4, -0.2) is 11.9 Å². The van der Waals surface area contributed by atoms with Gasteiger partial charge in [-0.2, -0.15) is 0 Å². The second kappa shape index (κ2) is 8.82. The maximum absolute atomic E-state index is 6.20. The van der Waals surface area contributed by atoms with Crippen LogP contribution in [0.1, 0.15) is 51.0 Å². The van der Waals surface area contributed by atoms with Crippen molar-refractivity contribution < 1.29 is 4.74 Å². The molecule has 0 spiro atoms. The summed E-state index contributed by atoms with van der Waals surface area (Å²) < 4.78 is 5.71. The quantitative estimate of drug-likeness (QED) is 0.431. The fourth-order valence-corrected chi connectivity index (χ4v) is 2.37. The zero-order chi connectivity index (χ0) is 13.4. The molecule has 0 unspecified atom stereocenters. The standard InChI is InChI=1S/C15H22BrClO/c1-12(2)13-7-8-15(14(17)11-13)18-10-6-4-3-5-9-16/h7-8,11-12H,3-6,9-10H2,1-2H3. The first-order valence-corrected chi connectivity index (χ1v) is 8.13. The molecule has 0 saturated heterocycles. The van der Waals surface area contributed by atoms with Crippen LogP contribution in [0.25, 0.3) is 0 Å². The third-order valence-electron chi connectivity index (χ3n) is 2.91. The molecule has 0 saturated carbocycles. The molecule has 1 nitrogen and oxygen atoms in total. The molecule has 1 rings (SSSR count). The highest BCUT2D eigenvalue weighted by Gasteiger charge is 2.05. The first-order valence-electron chi connectivity index (χ1n) is 6.63. The fourth-order valence-electron chi connectivity index (χ4n) is 1.73. The lowest BCUT2D eigenvalue weighted by molar-refractivity contribution is 0.305. The van der Waals surface area contributed by atoms with Crippen LogP contribution in [0.4, 0.5) is 0 Å². The van der Waals surface area contributed by atoms with Crippen LogP contribution in [0.5, 0.6) is 5.75 Å². The topological polar surface area (TPSA) is 9.23 Å². The number of benzene rings is 1. The Morgan fingerprint density at radius 1 is 1.17 bits per heavy atom. The normalized spacial score (nSPS) is 10.9. The minimum absolute atomic E-state index is 0.501. The molecule has 0 bridgehead atoms. The number of rotatable bonds is 8. The molecule has 0 aromatic heterocycles. The molecule has 18 heavy (non-hydrogen) atoms. The molecule has 0 aliphatic heterocycles. The van der Waals surface area contributed by atoms with Gasteiger partial charge in [0.05, 0.1) is 11.6 Å². The van der Waals surface area contributed by atoms with Gasteiger partial charge in [0, 0.05) is 5.33 Å². The van der Waals surface area contributed by atoms with E-state index in [1.807, 2.05) is 12.1 Å². The highest BCUT2D eigenvalue weighted by atomic mass is 79.9. The van der Waals surface area contributed by atoms with Crippen molar-refractivity contribution in [3.63, 3.8) is 0 Å². The van der Waals surface area contributed by atoms with Gasteiger partial charge in [-0.05, 0) is 36.5 Å². The molecule has 1 aromatic carbocycles. The van der Waals surface area contributed by atoms with E-state index < -0.39 is 0 Å². The molecular formula is C15H22BrClO. The van der Waals surface area contributed by atoms with Gasteiger partial charge in [-0.15, -0.1) is 0 Å². The van der Waals surface area contributed by atoms with Crippen molar-refractivity contribution in [3.05, 3.63) is 28.8 Å². The van der Waals surface area contributed by atoms with Crippen LogP contribution in [0.3, 0.4) is 0 Å². The van der Waals surface area contributed by atoms with E-state index in [2.05, 4.69) is 35.8 Å². The Labute approximate surface area is 124 Å². The van der Waals surface area contributed by atoms with Gasteiger partial charge in [0.1, 0.15) is 5.75 Å². The predicted octanol–water partition coefficient (Wildman–Crippen LogP) is 5.80. The highest BCUT2D eigenvalue weighted by Crippen LogP contribution is 2.28. The van der Waals surface area contributed by atoms with E-state index in [0.29, 0.717) is 5.92 Å². The van der Waals surface area contributed by atoms with Crippen LogP contribution in [0.15, 0.2) is 18.2 Å². The summed E-state index contributed by atoms with van der Waals surface area (Å²) in [5.74, 6) is 1.31. The van der Waals surface area contributed by atoms with E-state index in [0.717, 1.165) is 29.1 Å². The minimum atomic E-state index is 0.501. The number of hydrogen-bond acceptors (Lipinski definition) is 1. The summed E-state index contributed by atoms with van der Waals surface area (Å²) in [6.07, 6.45) is 4.81. The SMILES string of the molecule is CC(C)c1ccc(OCCCCCCBr)c(Cl)c1. The monoisotopic (exact) mass is 332 g/mol. The molecule has 0 atom stereocenters.